The molecule has 172 valence electrons. The van der Waals surface area contributed by atoms with Gasteiger partial charge in [-0.05, 0) is 42.2 Å². The summed E-state index contributed by atoms with van der Waals surface area (Å²) in [6, 6.07) is 12.5. The third-order valence-corrected chi connectivity index (χ3v) is 6.23. The van der Waals surface area contributed by atoms with Gasteiger partial charge in [0.15, 0.2) is 11.2 Å². The minimum atomic E-state index is -0.447. The molecule has 0 aliphatic carbocycles. The minimum absolute atomic E-state index is 0.273. The average Bonchev–Trinajstić information content (AvgIpc) is 3.19. The van der Waals surface area contributed by atoms with E-state index in [1.165, 1.54) is 9.13 Å². The van der Waals surface area contributed by atoms with Gasteiger partial charge >= 0.3 is 5.69 Å². The van der Waals surface area contributed by atoms with Crippen LogP contribution in [-0.4, -0.2) is 25.8 Å². The smallest absolute Gasteiger partial charge is 0.337 e. The van der Waals surface area contributed by atoms with E-state index in [1.807, 2.05) is 18.2 Å². The summed E-state index contributed by atoms with van der Waals surface area (Å²) in [7, 11) is 1.54. The molecule has 0 saturated heterocycles. The van der Waals surface area contributed by atoms with Gasteiger partial charge in [-0.1, -0.05) is 55.2 Å². The molecule has 4 aromatic rings. The largest absolute Gasteiger partial charge is 0.495 e. The number of para-hydroxylation sites is 2. The van der Waals surface area contributed by atoms with E-state index in [0.29, 0.717) is 52.4 Å². The third kappa shape index (κ3) is 4.43. The van der Waals surface area contributed by atoms with Crippen LogP contribution < -0.4 is 16.0 Å². The fraction of sp³-hybridized carbons (Fsp3) is 0.292. The number of nitrogens with zero attached hydrogens (tertiary/aromatic N) is 4. The Morgan fingerprint density at radius 1 is 1.06 bits per heavy atom. The number of halogens is 2. The summed E-state index contributed by atoms with van der Waals surface area (Å²) in [5.74, 6) is 0.835. The van der Waals surface area contributed by atoms with Gasteiger partial charge in [-0.2, -0.15) is 0 Å². The number of benzene rings is 2. The first-order valence-corrected chi connectivity index (χ1v) is 11.4. The molecule has 0 saturated carbocycles. The molecule has 2 heterocycles. The second-order valence-corrected chi connectivity index (χ2v) is 9.04. The molecule has 4 rings (SSSR count). The van der Waals surface area contributed by atoms with E-state index in [4.69, 9.17) is 27.9 Å². The standard InChI is InChI=1S/C24H24Cl2N4O3/c1-15(2)10-11-29-23(31)21-22(30(24(29)32)19-6-4-5-7-20(19)33-3)27-14-28(21)13-16-8-9-17(25)18(26)12-16/h4-9,12,14-15H,10-11,13H2,1-3H3. The maximum Gasteiger partial charge on any atom is 0.337 e. The molecule has 0 amide bonds. The molecule has 0 bridgehead atoms. The van der Waals surface area contributed by atoms with Crippen molar-refractivity contribution in [2.75, 3.05) is 7.11 Å². The summed E-state index contributed by atoms with van der Waals surface area (Å²) < 4.78 is 9.95. The van der Waals surface area contributed by atoms with Crippen LogP contribution in [0.3, 0.4) is 0 Å². The summed E-state index contributed by atoms with van der Waals surface area (Å²) in [5, 5.41) is 0.885. The first-order chi connectivity index (χ1) is 15.8. The zero-order chi connectivity index (χ0) is 23.7. The predicted octanol–water partition coefficient (Wildman–Crippen LogP) is 4.76. The van der Waals surface area contributed by atoms with Crippen LogP contribution >= 0.6 is 23.2 Å². The number of hydrogen-bond donors (Lipinski definition) is 0. The van der Waals surface area contributed by atoms with E-state index < -0.39 is 5.69 Å². The Hall–Kier alpha value is -3.03. The van der Waals surface area contributed by atoms with Crippen LogP contribution in [0.4, 0.5) is 0 Å². The van der Waals surface area contributed by atoms with Crippen molar-refractivity contribution in [3.8, 4) is 11.4 Å². The highest BCUT2D eigenvalue weighted by Gasteiger charge is 2.21. The number of aromatic nitrogens is 4. The van der Waals surface area contributed by atoms with E-state index >= 15 is 0 Å². The molecule has 2 aromatic heterocycles. The van der Waals surface area contributed by atoms with E-state index in [0.717, 1.165) is 5.56 Å². The van der Waals surface area contributed by atoms with Crippen LogP contribution in [-0.2, 0) is 13.1 Å². The molecular weight excluding hydrogens is 463 g/mol. The van der Waals surface area contributed by atoms with Crippen LogP contribution in [0.2, 0.25) is 10.0 Å². The molecule has 0 fully saturated rings. The molecule has 0 radical (unpaired) electrons. The second kappa shape index (κ2) is 9.45. The van der Waals surface area contributed by atoms with E-state index in [9.17, 15) is 9.59 Å². The van der Waals surface area contributed by atoms with Crippen molar-refractivity contribution in [3.63, 3.8) is 0 Å². The molecule has 2 aromatic carbocycles. The van der Waals surface area contributed by atoms with Crippen molar-refractivity contribution >= 4 is 34.4 Å². The van der Waals surface area contributed by atoms with Gasteiger partial charge in [0, 0.05) is 13.1 Å². The Morgan fingerprint density at radius 2 is 1.82 bits per heavy atom. The zero-order valence-electron chi connectivity index (χ0n) is 18.6. The molecule has 0 atom stereocenters. The van der Waals surface area contributed by atoms with Gasteiger partial charge in [0.2, 0.25) is 0 Å². The molecule has 7 nitrogen and oxygen atoms in total. The quantitative estimate of drug-likeness (QED) is 0.377. The zero-order valence-corrected chi connectivity index (χ0v) is 20.1. The fourth-order valence-electron chi connectivity index (χ4n) is 3.75. The third-order valence-electron chi connectivity index (χ3n) is 5.49. The normalized spacial score (nSPS) is 11.5. The van der Waals surface area contributed by atoms with Crippen molar-refractivity contribution in [2.45, 2.75) is 33.4 Å². The predicted molar refractivity (Wildman–Crippen MR) is 131 cm³/mol. The first kappa shape index (κ1) is 23.1. The number of methoxy groups -OCH3 is 1. The van der Waals surface area contributed by atoms with Crippen molar-refractivity contribution < 1.29 is 4.74 Å². The maximum absolute atomic E-state index is 13.5. The monoisotopic (exact) mass is 486 g/mol. The van der Waals surface area contributed by atoms with Crippen LogP contribution in [0.25, 0.3) is 16.9 Å². The summed E-state index contributed by atoms with van der Waals surface area (Å²) >= 11 is 12.2. The van der Waals surface area contributed by atoms with Gasteiger partial charge in [-0.15, -0.1) is 0 Å². The highest BCUT2D eigenvalue weighted by atomic mass is 35.5. The maximum atomic E-state index is 13.5. The molecule has 33 heavy (non-hydrogen) atoms. The lowest BCUT2D eigenvalue weighted by Crippen LogP contribution is -2.40. The molecule has 0 N–H and O–H groups in total. The number of rotatable bonds is 7. The summed E-state index contributed by atoms with van der Waals surface area (Å²) in [5.41, 5.74) is 1.16. The highest BCUT2D eigenvalue weighted by molar-refractivity contribution is 6.42. The number of ether oxygens (including phenoxy) is 1. The molecule has 0 aliphatic rings. The van der Waals surface area contributed by atoms with Crippen LogP contribution in [0.5, 0.6) is 5.75 Å². The van der Waals surface area contributed by atoms with Crippen molar-refractivity contribution in [2.24, 2.45) is 5.92 Å². The Labute approximate surface area is 200 Å². The van der Waals surface area contributed by atoms with Gasteiger partial charge in [-0.3, -0.25) is 9.36 Å². The molecule has 0 unspecified atom stereocenters. The van der Waals surface area contributed by atoms with E-state index in [2.05, 4.69) is 18.8 Å². The number of fused-ring (bicyclic) bond motifs is 1. The van der Waals surface area contributed by atoms with Crippen molar-refractivity contribution in [1.29, 1.82) is 0 Å². The Bertz CT molecular complexity index is 1440. The molecule has 0 spiro atoms. The van der Waals surface area contributed by atoms with Crippen LogP contribution in [0.15, 0.2) is 58.4 Å². The summed E-state index contributed by atoms with van der Waals surface area (Å²) in [6.45, 7) is 4.75. The van der Waals surface area contributed by atoms with Gasteiger partial charge < -0.3 is 9.30 Å². The molecule has 9 heteroatoms. The van der Waals surface area contributed by atoms with Crippen LogP contribution in [0, 0.1) is 5.92 Å². The van der Waals surface area contributed by atoms with Crippen molar-refractivity contribution in [3.05, 3.63) is 85.2 Å². The van der Waals surface area contributed by atoms with Gasteiger partial charge in [0.1, 0.15) is 5.75 Å². The highest BCUT2D eigenvalue weighted by Crippen LogP contribution is 2.25. The fourth-order valence-corrected chi connectivity index (χ4v) is 4.07. The average molecular weight is 487 g/mol. The lowest BCUT2D eigenvalue weighted by Gasteiger charge is -2.15. The Kier molecular flexibility index (Phi) is 6.63. The SMILES string of the molecule is COc1ccccc1-n1c(=O)n(CCC(C)C)c(=O)c2c1ncn2Cc1ccc(Cl)c(Cl)c1. The molecular formula is C24H24Cl2N4O3. The van der Waals surface area contributed by atoms with Gasteiger partial charge in [0.25, 0.3) is 5.56 Å². The second-order valence-electron chi connectivity index (χ2n) is 8.22. The summed E-state index contributed by atoms with van der Waals surface area (Å²) in [4.78, 5) is 31.5. The number of hydrogen-bond acceptors (Lipinski definition) is 4. The lowest BCUT2D eigenvalue weighted by atomic mass is 10.1. The molecule has 0 aliphatic heterocycles. The topological polar surface area (TPSA) is 71.1 Å². The van der Waals surface area contributed by atoms with Crippen LogP contribution in [0.1, 0.15) is 25.8 Å². The number of imidazole rings is 1. The Morgan fingerprint density at radius 3 is 2.52 bits per heavy atom. The first-order valence-electron chi connectivity index (χ1n) is 10.6. The van der Waals surface area contributed by atoms with Gasteiger partial charge in [0.05, 0.1) is 29.2 Å². The lowest BCUT2D eigenvalue weighted by molar-refractivity contribution is 0.412. The van der Waals surface area contributed by atoms with E-state index in [1.54, 1.807) is 42.3 Å². The van der Waals surface area contributed by atoms with Crippen molar-refractivity contribution in [1.82, 2.24) is 18.7 Å². The van der Waals surface area contributed by atoms with E-state index in [-0.39, 0.29) is 11.2 Å². The summed E-state index contributed by atoms with van der Waals surface area (Å²) in [6.07, 6.45) is 2.25. The Balaban J connectivity index is 1.98. The van der Waals surface area contributed by atoms with Gasteiger partial charge in [-0.25, -0.2) is 14.3 Å². The minimum Gasteiger partial charge on any atom is -0.495 e.